The summed E-state index contributed by atoms with van der Waals surface area (Å²) < 4.78 is 1.72. The molecule has 1 rings (SSSR count). The predicted octanol–water partition coefficient (Wildman–Crippen LogP) is 4.99. The number of carbonyl (C=O) groups is 1. The second-order valence-electron chi connectivity index (χ2n) is 4.65. The first-order chi connectivity index (χ1) is 8.98. The third kappa shape index (κ3) is 4.47. The molecule has 0 fully saturated rings. The lowest BCUT2D eigenvalue weighted by Gasteiger charge is -2.29. The molecule has 1 aromatic rings. The number of nitrogens with one attached hydrogen (secondary N) is 1. The number of carbonyl (C=O) groups excluding carboxylic acids is 1. The smallest absolute Gasteiger partial charge is 0.252 e. The average Bonchev–Trinajstić information content (AvgIpc) is 2.40. The van der Waals surface area contributed by atoms with Crippen LogP contribution in [0.1, 0.15) is 37.0 Å². The molecule has 0 saturated carbocycles. The summed E-state index contributed by atoms with van der Waals surface area (Å²) in [5.74, 6) is 0.484. The van der Waals surface area contributed by atoms with Gasteiger partial charge in [-0.3, -0.25) is 4.79 Å². The molecule has 0 bridgehead atoms. The molecule has 106 valence electrons. The lowest BCUT2D eigenvalue weighted by Crippen LogP contribution is -2.38. The van der Waals surface area contributed by atoms with Crippen LogP contribution in [0.3, 0.4) is 0 Å². The fourth-order valence-electron chi connectivity index (χ4n) is 1.77. The van der Waals surface area contributed by atoms with E-state index in [1.807, 2.05) is 12.1 Å². The molecule has 2 nitrogen and oxygen atoms in total. The molecule has 0 saturated heterocycles. The summed E-state index contributed by atoms with van der Waals surface area (Å²) >= 11 is 12.8. The van der Waals surface area contributed by atoms with Gasteiger partial charge in [0.2, 0.25) is 0 Å². The van der Waals surface area contributed by atoms with Crippen LogP contribution in [0.25, 0.3) is 0 Å². The first-order valence-corrected chi connectivity index (χ1v) is 8.39. The van der Waals surface area contributed by atoms with Gasteiger partial charge in [-0.05, 0) is 47.0 Å². The summed E-state index contributed by atoms with van der Waals surface area (Å²) in [7, 11) is 0. The van der Waals surface area contributed by atoms with Gasteiger partial charge in [0.05, 0.1) is 5.56 Å². The van der Waals surface area contributed by atoms with Crippen LogP contribution in [0.15, 0.2) is 27.1 Å². The lowest BCUT2D eigenvalue weighted by molar-refractivity contribution is 0.0931. The second-order valence-corrected chi connectivity index (χ2v) is 6.68. The van der Waals surface area contributed by atoms with Crippen molar-refractivity contribution in [2.75, 3.05) is 12.4 Å². The molecule has 0 aliphatic carbocycles. The summed E-state index contributed by atoms with van der Waals surface area (Å²) in [6, 6.07) is 5.52. The van der Waals surface area contributed by atoms with Gasteiger partial charge in [-0.2, -0.15) is 0 Å². The molecule has 0 aliphatic heterocycles. The highest BCUT2D eigenvalue weighted by Crippen LogP contribution is 2.27. The van der Waals surface area contributed by atoms with E-state index in [9.17, 15) is 4.79 Å². The maximum absolute atomic E-state index is 12.2. The zero-order chi connectivity index (χ0) is 14.5. The SMILES string of the molecule is CCC(CC)(CCl)CNC(=O)c1ccc(Br)cc1Br. The molecule has 1 aromatic carbocycles. The summed E-state index contributed by atoms with van der Waals surface area (Å²) in [5.41, 5.74) is 0.623. The summed E-state index contributed by atoms with van der Waals surface area (Å²) in [5, 5.41) is 2.98. The monoisotopic (exact) mass is 409 g/mol. The van der Waals surface area contributed by atoms with Crippen molar-refractivity contribution in [3.05, 3.63) is 32.7 Å². The van der Waals surface area contributed by atoms with Crippen LogP contribution in [0, 0.1) is 5.41 Å². The van der Waals surface area contributed by atoms with E-state index in [2.05, 4.69) is 51.0 Å². The van der Waals surface area contributed by atoms with E-state index < -0.39 is 0 Å². The molecule has 19 heavy (non-hydrogen) atoms. The summed E-state index contributed by atoms with van der Waals surface area (Å²) in [6.07, 6.45) is 1.91. The molecule has 0 radical (unpaired) electrons. The molecular weight excluding hydrogens is 393 g/mol. The Labute approximate surface area is 136 Å². The van der Waals surface area contributed by atoms with Gasteiger partial charge >= 0.3 is 0 Å². The maximum Gasteiger partial charge on any atom is 0.252 e. The topological polar surface area (TPSA) is 29.1 Å². The van der Waals surface area contributed by atoms with Crippen LogP contribution < -0.4 is 5.32 Å². The van der Waals surface area contributed by atoms with Crippen molar-refractivity contribution in [3.63, 3.8) is 0 Å². The Kier molecular flexibility index (Phi) is 6.84. The van der Waals surface area contributed by atoms with Gasteiger partial charge in [-0.25, -0.2) is 0 Å². The van der Waals surface area contributed by atoms with Gasteiger partial charge in [0.1, 0.15) is 0 Å². The van der Waals surface area contributed by atoms with Gasteiger partial charge < -0.3 is 5.32 Å². The third-order valence-electron chi connectivity index (χ3n) is 3.58. The minimum Gasteiger partial charge on any atom is -0.351 e. The lowest BCUT2D eigenvalue weighted by atomic mass is 9.84. The summed E-state index contributed by atoms with van der Waals surface area (Å²) in [6.45, 7) is 4.81. The van der Waals surface area contributed by atoms with Crippen LogP contribution in [0.2, 0.25) is 0 Å². The Morgan fingerprint density at radius 2 is 1.95 bits per heavy atom. The average molecular weight is 412 g/mol. The van der Waals surface area contributed by atoms with Crippen LogP contribution in [-0.4, -0.2) is 18.3 Å². The highest BCUT2D eigenvalue weighted by Gasteiger charge is 2.26. The predicted molar refractivity (Wildman–Crippen MR) is 87.9 cm³/mol. The van der Waals surface area contributed by atoms with Gasteiger partial charge in [-0.15, -0.1) is 11.6 Å². The Hall–Kier alpha value is -0.0600. The van der Waals surface area contributed by atoms with Crippen LogP contribution in [0.5, 0.6) is 0 Å². The van der Waals surface area contributed by atoms with Gasteiger partial charge in [-0.1, -0.05) is 29.8 Å². The molecule has 0 heterocycles. The molecule has 0 spiro atoms. The van der Waals surface area contributed by atoms with Gasteiger partial charge in [0.25, 0.3) is 5.91 Å². The van der Waals surface area contributed by atoms with Crippen molar-refractivity contribution < 1.29 is 4.79 Å². The van der Waals surface area contributed by atoms with Crippen LogP contribution in [-0.2, 0) is 0 Å². The van der Waals surface area contributed by atoms with E-state index >= 15 is 0 Å². The number of benzene rings is 1. The molecule has 0 aliphatic rings. The Morgan fingerprint density at radius 3 is 2.42 bits per heavy atom. The molecule has 1 amide bonds. The van der Waals surface area contributed by atoms with Crippen molar-refractivity contribution in [1.82, 2.24) is 5.32 Å². The van der Waals surface area contributed by atoms with Crippen molar-refractivity contribution in [3.8, 4) is 0 Å². The molecule has 0 unspecified atom stereocenters. The zero-order valence-corrected chi connectivity index (χ0v) is 15.0. The number of hydrogen-bond acceptors (Lipinski definition) is 1. The number of amides is 1. The second kappa shape index (κ2) is 7.65. The maximum atomic E-state index is 12.2. The highest BCUT2D eigenvalue weighted by molar-refractivity contribution is 9.11. The Bertz CT molecular complexity index is 439. The molecule has 1 N–H and O–H groups in total. The van der Waals surface area contributed by atoms with Crippen molar-refractivity contribution >= 4 is 49.4 Å². The first kappa shape index (κ1) is 17.0. The van der Waals surface area contributed by atoms with E-state index in [1.54, 1.807) is 6.07 Å². The van der Waals surface area contributed by atoms with E-state index in [0.717, 1.165) is 21.8 Å². The fourth-order valence-corrected chi connectivity index (χ4v) is 3.47. The van der Waals surface area contributed by atoms with Gasteiger partial charge in [0.15, 0.2) is 0 Å². The highest BCUT2D eigenvalue weighted by atomic mass is 79.9. The van der Waals surface area contributed by atoms with Crippen LogP contribution in [0.4, 0.5) is 0 Å². The molecule has 0 atom stereocenters. The number of rotatable bonds is 6. The van der Waals surface area contributed by atoms with E-state index in [1.165, 1.54) is 0 Å². The Balaban J connectivity index is 2.75. The quantitative estimate of drug-likeness (QED) is 0.657. The standard InChI is InChI=1S/C14H18Br2ClNO/c1-3-14(4-2,8-17)9-18-13(19)11-6-5-10(15)7-12(11)16/h5-7H,3-4,8-9H2,1-2H3,(H,18,19). The molecule has 5 heteroatoms. The van der Waals surface area contributed by atoms with Crippen molar-refractivity contribution in [2.24, 2.45) is 5.41 Å². The fraction of sp³-hybridized carbons (Fsp3) is 0.500. The van der Waals surface area contributed by atoms with Crippen molar-refractivity contribution in [2.45, 2.75) is 26.7 Å². The van der Waals surface area contributed by atoms with E-state index in [-0.39, 0.29) is 11.3 Å². The number of alkyl halides is 1. The molecule has 0 aromatic heterocycles. The normalized spacial score (nSPS) is 11.4. The largest absolute Gasteiger partial charge is 0.351 e. The number of hydrogen-bond donors (Lipinski definition) is 1. The van der Waals surface area contributed by atoms with Crippen molar-refractivity contribution in [1.29, 1.82) is 0 Å². The van der Waals surface area contributed by atoms with Gasteiger partial charge in [0, 0.05) is 26.8 Å². The first-order valence-electron chi connectivity index (χ1n) is 6.27. The number of halogens is 3. The van der Waals surface area contributed by atoms with Crippen LogP contribution >= 0.6 is 43.5 Å². The Morgan fingerprint density at radius 1 is 1.32 bits per heavy atom. The van der Waals surface area contributed by atoms with E-state index in [0.29, 0.717) is 18.0 Å². The van der Waals surface area contributed by atoms with E-state index in [4.69, 9.17) is 11.6 Å². The third-order valence-corrected chi connectivity index (χ3v) is 5.30. The minimum atomic E-state index is -0.0734. The minimum absolute atomic E-state index is 0.0148. The zero-order valence-electron chi connectivity index (χ0n) is 11.1. The molecular formula is C14H18Br2ClNO. The summed E-state index contributed by atoms with van der Waals surface area (Å²) in [4.78, 5) is 12.2.